The number of anilines is 1. The third-order valence-corrected chi connectivity index (χ3v) is 3.50. The van der Waals surface area contributed by atoms with E-state index in [4.69, 9.17) is 10.5 Å². The second kappa shape index (κ2) is 4.45. The summed E-state index contributed by atoms with van der Waals surface area (Å²) in [6.07, 6.45) is 3.16. The van der Waals surface area contributed by atoms with Crippen LogP contribution in [0.2, 0.25) is 0 Å². The molecular formula is C8H8N4OS2. The van der Waals surface area contributed by atoms with Crippen LogP contribution >= 0.6 is 23.1 Å². The Bertz CT molecular complexity index is 446. The topological polar surface area (TPSA) is 73.9 Å². The van der Waals surface area contributed by atoms with Gasteiger partial charge in [0.1, 0.15) is 17.0 Å². The molecule has 0 fully saturated rings. The Hall–Kier alpha value is -1.34. The predicted molar refractivity (Wildman–Crippen MR) is 59.2 cm³/mol. The second-order valence-corrected chi connectivity index (χ2v) is 4.63. The van der Waals surface area contributed by atoms with Gasteiger partial charge in [-0.05, 0) is 11.8 Å². The van der Waals surface area contributed by atoms with E-state index in [1.165, 1.54) is 36.5 Å². The van der Waals surface area contributed by atoms with Crippen molar-refractivity contribution in [1.82, 2.24) is 15.0 Å². The summed E-state index contributed by atoms with van der Waals surface area (Å²) >= 11 is 2.94. The molecule has 0 spiro atoms. The standard InChI is InChI=1S/C8H8N4OS2/c1-13-6-5(9)7(12-4-11-6)15-8-10-2-3-14-8/h2-4H,9H2,1H3. The number of nitrogen functional groups attached to an aromatic ring is 1. The van der Waals surface area contributed by atoms with Crippen molar-refractivity contribution >= 4 is 28.8 Å². The monoisotopic (exact) mass is 240 g/mol. The Kier molecular flexibility index (Phi) is 3.02. The van der Waals surface area contributed by atoms with Crippen LogP contribution in [0.15, 0.2) is 27.3 Å². The highest BCUT2D eigenvalue weighted by atomic mass is 32.2. The molecule has 78 valence electrons. The highest BCUT2D eigenvalue weighted by molar-refractivity contribution is 8.01. The molecule has 0 saturated carbocycles. The Labute approximate surface area is 94.7 Å². The summed E-state index contributed by atoms with van der Waals surface area (Å²) in [6, 6.07) is 0. The zero-order valence-corrected chi connectivity index (χ0v) is 9.51. The normalized spacial score (nSPS) is 10.2. The summed E-state index contributed by atoms with van der Waals surface area (Å²) in [5.74, 6) is 0.393. The number of hydrogen-bond acceptors (Lipinski definition) is 7. The lowest BCUT2D eigenvalue weighted by molar-refractivity contribution is 0.397. The van der Waals surface area contributed by atoms with Crippen molar-refractivity contribution in [1.29, 1.82) is 0 Å². The number of ether oxygens (including phenoxy) is 1. The quantitative estimate of drug-likeness (QED) is 0.823. The van der Waals surface area contributed by atoms with E-state index in [2.05, 4.69) is 15.0 Å². The maximum absolute atomic E-state index is 5.82. The van der Waals surface area contributed by atoms with Crippen LogP contribution in [0.3, 0.4) is 0 Å². The molecule has 0 aliphatic rings. The maximum Gasteiger partial charge on any atom is 0.241 e. The lowest BCUT2D eigenvalue weighted by atomic mass is 10.5. The molecule has 2 aromatic heterocycles. The van der Waals surface area contributed by atoms with Crippen molar-refractivity contribution in [2.24, 2.45) is 0 Å². The van der Waals surface area contributed by atoms with E-state index in [9.17, 15) is 0 Å². The fourth-order valence-electron chi connectivity index (χ4n) is 0.952. The first-order valence-electron chi connectivity index (χ1n) is 4.03. The zero-order chi connectivity index (χ0) is 10.7. The van der Waals surface area contributed by atoms with Crippen LogP contribution < -0.4 is 10.5 Å². The molecule has 0 aliphatic carbocycles. The summed E-state index contributed by atoms with van der Waals surface area (Å²) in [6.45, 7) is 0. The van der Waals surface area contributed by atoms with Crippen LogP contribution in [0.1, 0.15) is 0 Å². The summed E-state index contributed by atoms with van der Waals surface area (Å²) in [5.41, 5.74) is 6.26. The fourth-order valence-corrected chi connectivity index (χ4v) is 2.48. The van der Waals surface area contributed by atoms with Gasteiger partial charge in [-0.15, -0.1) is 11.3 Å². The van der Waals surface area contributed by atoms with Crippen molar-refractivity contribution in [3.05, 3.63) is 17.9 Å². The van der Waals surface area contributed by atoms with E-state index in [0.717, 1.165) is 4.34 Å². The summed E-state index contributed by atoms with van der Waals surface area (Å²) in [4.78, 5) is 12.1. The average Bonchev–Trinajstić information content (AvgIpc) is 2.74. The summed E-state index contributed by atoms with van der Waals surface area (Å²) in [7, 11) is 1.52. The molecule has 0 unspecified atom stereocenters. The number of nitrogens with zero attached hydrogens (tertiary/aromatic N) is 3. The van der Waals surface area contributed by atoms with Crippen molar-refractivity contribution < 1.29 is 4.74 Å². The second-order valence-electron chi connectivity index (χ2n) is 2.50. The predicted octanol–water partition coefficient (Wildman–Crippen LogP) is 1.68. The minimum absolute atomic E-state index is 0.393. The number of methoxy groups -OCH3 is 1. The van der Waals surface area contributed by atoms with Gasteiger partial charge >= 0.3 is 0 Å². The van der Waals surface area contributed by atoms with Gasteiger partial charge in [0.15, 0.2) is 4.34 Å². The minimum Gasteiger partial charge on any atom is -0.479 e. The molecule has 5 nitrogen and oxygen atoms in total. The van der Waals surface area contributed by atoms with Gasteiger partial charge in [0.05, 0.1) is 7.11 Å². The van der Waals surface area contributed by atoms with Gasteiger partial charge in [0.25, 0.3) is 0 Å². The third-order valence-electron chi connectivity index (χ3n) is 1.60. The van der Waals surface area contributed by atoms with E-state index in [0.29, 0.717) is 16.6 Å². The minimum atomic E-state index is 0.393. The van der Waals surface area contributed by atoms with Crippen LogP contribution in [-0.4, -0.2) is 22.1 Å². The van der Waals surface area contributed by atoms with E-state index in [1.54, 1.807) is 6.20 Å². The Morgan fingerprint density at radius 2 is 2.27 bits per heavy atom. The molecule has 2 aromatic rings. The van der Waals surface area contributed by atoms with Crippen LogP contribution in [0.25, 0.3) is 0 Å². The molecular weight excluding hydrogens is 232 g/mol. The molecule has 0 radical (unpaired) electrons. The van der Waals surface area contributed by atoms with Crippen LogP contribution in [0.5, 0.6) is 5.88 Å². The van der Waals surface area contributed by atoms with Gasteiger partial charge in [0, 0.05) is 11.6 Å². The molecule has 2 heterocycles. The fraction of sp³-hybridized carbons (Fsp3) is 0.125. The number of thiazole rings is 1. The Morgan fingerprint density at radius 3 is 2.93 bits per heavy atom. The van der Waals surface area contributed by atoms with Gasteiger partial charge in [-0.2, -0.15) is 4.98 Å². The molecule has 0 amide bonds. The number of rotatable bonds is 3. The maximum atomic E-state index is 5.82. The van der Waals surface area contributed by atoms with Gasteiger partial charge in [-0.3, -0.25) is 0 Å². The molecule has 0 saturated heterocycles. The van der Waals surface area contributed by atoms with E-state index < -0.39 is 0 Å². The van der Waals surface area contributed by atoms with Crippen molar-refractivity contribution in [2.45, 2.75) is 9.37 Å². The van der Waals surface area contributed by atoms with Gasteiger partial charge in [0.2, 0.25) is 5.88 Å². The first-order valence-corrected chi connectivity index (χ1v) is 5.72. The van der Waals surface area contributed by atoms with E-state index >= 15 is 0 Å². The molecule has 0 atom stereocenters. The smallest absolute Gasteiger partial charge is 0.241 e. The lowest BCUT2D eigenvalue weighted by Crippen LogP contribution is -1.98. The molecule has 15 heavy (non-hydrogen) atoms. The first kappa shape index (κ1) is 10.2. The van der Waals surface area contributed by atoms with Gasteiger partial charge < -0.3 is 10.5 Å². The summed E-state index contributed by atoms with van der Waals surface area (Å²) < 4.78 is 5.89. The number of hydrogen-bond donors (Lipinski definition) is 1. The molecule has 2 N–H and O–H groups in total. The molecule has 0 aliphatic heterocycles. The highest BCUT2D eigenvalue weighted by Crippen LogP contribution is 2.34. The lowest BCUT2D eigenvalue weighted by Gasteiger charge is -2.05. The molecule has 0 bridgehead atoms. The number of nitrogens with two attached hydrogens (primary N) is 1. The van der Waals surface area contributed by atoms with E-state index in [-0.39, 0.29) is 0 Å². The van der Waals surface area contributed by atoms with Crippen LogP contribution in [0.4, 0.5) is 5.69 Å². The largest absolute Gasteiger partial charge is 0.479 e. The SMILES string of the molecule is COc1ncnc(Sc2nccs2)c1N. The Morgan fingerprint density at radius 1 is 1.40 bits per heavy atom. The molecule has 0 aromatic carbocycles. The van der Waals surface area contributed by atoms with Crippen molar-refractivity contribution in [3.8, 4) is 5.88 Å². The van der Waals surface area contributed by atoms with Gasteiger partial charge in [-0.25, -0.2) is 9.97 Å². The highest BCUT2D eigenvalue weighted by Gasteiger charge is 2.10. The van der Waals surface area contributed by atoms with E-state index in [1.807, 2.05) is 5.38 Å². The summed E-state index contributed by atoms with van der Waals surface area (Å²) in [5, 5.41) is 2.56. The van der Waals surface area contributed by atoms with Crippen molar-refractivity contribution in [3.63, 3.8) is 0 Å². The van der Waals surface area contributed by atoms with Crippen molar-refractivity contribution in [2.75, 3.05) is 12.8 Å². The molecule has 7 heteroatoms. The first-order chi connectivity index (χ1) is 7.31. The van der Waals surface area contributed by atoms with Crippen LogP contribution in [-0.2, 0) is 0 Å². The Balaban J connectivity index is 2.29. The third kappa shape index (κ3) is 2.18. The zero-order valence-electron chi connectivity index (χ0n) is 7.88. The number of aromatic nitrogens is 3. The van der Waals surface area contributed by atoms with Crippen LogP contribution in [0, 0.1) is 0 Å². The average molecular weight is 240 g/mol. The molecule has 2 rings (SSSR count). The van der Waals surface area contributed by atoms with Gasteiger partial charge in [-0.1, -0.05) is 0 Å².